The summed E-state index contributed by atoms with van der Waals surface area (Å²) in [5, 5.41) is 9.89. The van der Waals surface area contributed by atoms with E-state index >= 15 is 0 Å². The molecule has 0 saturated heterocycles. The third-order valence-electron chi connectivity index (χ3n) is 4.24. The molecular weight excluding hydrogens is 250 g/mol. The van der Waals surface area contributed by atoms with Gasteiger partial charge in [0, 0.05) is 19.1 Å². The fraction of sp³-hybridized carbons (Fsp3) is 0.562. The number of para-hydroxylation sites is 1. The molecule has 1 amide bonds. The van der Waals surface area contributed by atoms with Crippen LogP contribution < -0.4 is 16.0 Å². The van der Waals surface area contributed by atoms with Crippen LogP contribution in [0.2, 0.25) is 0 Å². The van der Waals surface area contributed by atoms with E-state index in [1.165, 1.54) is 25.7 Å². The quantitative estimate of drug-likeness (QED) is 0.726. The van der Waals surface area contributed by atoms with E-state index in [9.17, 15) is 4.79 Å². The molecule has 0 unspecified atom stereocenters. The highest BCUT2D eigenvalue weighted by Gasteiger charge is 2.20. The van der Waals surface area contributed by atoms with Crippen molar-refractivity contribution in [2.45, 2.75) is 44.6 Å². The van der Waals surface area contributed by atoms with E-state index in [2.05, 4.69) is 16.0 Å². The van der Waals surface area contributed by atoms with Crippen LogP contribution in [0.3, 0.4) is 0 Å². The minimum atomic E-state index is 0.0601. The van der Waals surface area contributed by atoms with E-state index in [4.69, 9.17) is 0 Å². The van der Waals surface area contributed by atoms with Crippen molar-refractivity contribution in [1.82, 2.24) is 5.32 Å². The zero-order valence-corrected chi connectivity index (χ0v) is 11.9. The molecule has 0 spiro atoms. The largest absolute Gasteiger partial charge is 0.382 e. The van der Waals surface area contributed by atoms with Crippen molar-refractivity contribution in [3.8, 4) is 0 Å². The maximum atomic E-state index is 12.5. The number of carbonyl (C=O) groups excluding carboxylic acids is 1. The lowest BCUT2D eigenvalue weighted by Crippen LogP contribution is -2.35. The second kappa shape index (κ2) is 6.16. The van der Waals surface area contributed by atoms with Crippen molar-refractivity contribution in [3.05, 3.63) is 23.8 Å². The third kappa shape index (κ3) is 2.89. The Morgan fingerprint density at radius 1 is 1.05 bits per heavy atom. The lowest BCUT2D eigenvalue weighted by molar-refractivity contribution is 0.0934. The highest BCUT2D eigenvalue weighted by atomic mass is 16.1. The number of fused-ring (bicyclic) bond motifs is 1. The molecule has 2 aliphatic rings. The van der Waals surface area contributed by atoms with Crippen molar-refractivity contribution < 1.29 is 4.79 Å². The number of rotatable bonds is 2. The first kappa shape index (κ1) is 13.3. The molecule has 3 rings (SSSR count). The van der Waals surface area contributed by atoms with Gasteiger partial charge in [-0.2, -0.15) is 0 Å². The molecule has 1 aliphatic heterocycles. The van der Waals surface area contributed by atoms with Gasteiger partial charge in [0.25, 0.3) is 5.91 Å². The van der Waals surface area contributed by atoms with Crippen LogP contribution in [-0.2, 0) is 0 Å². The summed E-state index contributed by atoms with van der Waals surface area (Å²) in [7, 11) is 0. The average Bonchev–Trinajstić information content (AvgIpc) is 2.75. The molecule has 0 bridgehead atoms. The molecule has 20 heavy (non-hydrogen) atoms. The fourth-order valence-corrected chi connectivity index (χ4v) is 3.15. The Labute approximate surface area is 120 Å². The second-order valence-electron chi connectivity index (χ2n) is 5.74. The van der Waals surface area contributed by atoms with E-state index in [-0.39, 0.29) is 5.91 Å². The van der Waals surface area contributed by atoms with Gasteiger partial charge in [-0.05, 0) is 25.0 Å². The zero-order valence-electron chi connectivity index (χ0n) is 11.9. The molecule has 4 nitrogen and oxygen atoms in total. The standard InChI is InChI=1S/C16H23N3O/c20-16(19-12-6-3-1-2-4-7-12)13-8-5-9-14-15(13)18-11-10-17-14/h5,8-9,12,17-18H,1-4,6-7,10-11H2,(H,19,20). The number of nitrogens with one attached hydrogen (secondary N) is 3. The SMILES string of the molecule is O=C(NC1CCCCCC1)c1cccc2c1NCCN2. The molecule has 1 fully saturated rings. The number of carbonyl (C=O) groups is 1. The first-order chi connectivity index (χ1) is 9.84. The Morgan fingerprint density at radius 2 is 1.80 bits per heavy atom. The first-order valence-corrected chi connectivity index (χ1v) is 7.76. The van der Waals surface area contributed by atoms with Crippen LogP contribution in [0.25, 0.3) is 0 Å². The van der Waals surface area contributed by atoms with Gasteiger partial charge >= 0.3 is 0 Å². The summed E-state index contributed by atoms with van der Waals surface area (Å²) >= 11 is 0. The van der Waals surface area contributed by atoms with Crippen molar-refractivity contribution in [2.24, 2.45) is 0 Å². The topological polar surface area (TPSA) is 53.2 Å². The van der Waals surface area contributed by atoms with E-state index < -0.39 is 0 Å². The highest BCUT2D eigenvalue weighted by Crippen LogP contribution is 2.28. The minimum Gasteiger partial charge on any atom is -0.382 e. The van der Waals surface area contributed by atoms with Crippen LogP contribution >= 0.6 is 0 Å². The molecule has 0 atom stereocenters. The maximum Gasteiger partial charge on any atom is 0.253 e. The summed E-state index contributed by atoms with van der Waals surface area (Å²) in [6.45, 7) is 1.77. The van der Waals surface area contributed by atoms with Crippen molar-refractivity contribution in [3.63, 3.8) is 0 Å². The summed E-state index contributed by atoms with van der Waals surface area (Å²) in [6.07, 6.45) is 7.31. The van der Waals surface area contributed by atoms with E-state index in [0.717, 1.165) is 42.9 Å². The maximum absolute atomic E-state index is 12.5. The Bertz CT molecular complexity index is 479. The molecule has 1 aliphatic carbocycles. The Balaban J connectivity index is 1.73. The molecule has 1 aromatic carbocycles. The normalized spacial score (nSPS) is 19.2. The highest BCUT2D eigenvalue weighted by molar-refractivity contribution is 6.02. The van der Waals surface area contributed by atoms with Gasteiger partial charge in [0.05, 0.1) is 16.9 Å². The van der Waals surface area contributed by atoms with Gasteiger partial charge in [0.15, 0.2) is 0 Å². The van der Waals surface area contributed by atoms with Crippen LogP contribution in [0.1, 0.15) is 48.9 Å². The van der Waals surface area contributed by atoms with Crippen LogP contribution in [0.15, 0.2) is 18.2 Å². The molecule has 4 heteroatoms. The molecule has 108 valence electrons. The lowest BCUT2D eigenvalue weighted by Gasteiger charge is -2.23. The molecule has 0 aromatic heterocycles. The van der Waals surface area contributed by atoms with Crippen LogP contribution in [-0.4, -0.2) is 25.0 Å². The van der Waals surface area contributed by atoms with Gasteiger partial charge in [-0.1, -0.05) is 31.7 Å². The number of hydrogen-bond acceptors (Lipinski definition) is 3. The molecule has 1 aromatic rings. The summed E-state index contributed by atoms with van der Waals surface area (Å²) in [5.41, 5.74) is 2.74. The summed E-state index contributed by atoms with van der Waals surface area (Å²) in [6, 6.07) is 6.22. The fourth-order valence-electron chi connectivity index (χ4n) is 3.15. The van der Waals surface area contributed by atoms with Gasteiger partial charge in [0.1, 0.15) is 0 Å². The summed E-state index contributed by atoms with van der Waals surface area (Å²) < 4.78 is 0. The van der Waals surface area contributed by atoms with Gasteiger partial charge < -0.3 is 16.0 Å². The minimum absolute atomic E-state index is 0.0601. The van der Waals surface area contributed by atoms with Crippen LogP contribution in [0.4, 0.5) is 11.4 Å². The van der Waals surface area contributed by atoms with Crippen LogP contribution in [0.5, 0.6) is 0 Å². The van der Waals surface area contributed by atoms with E-state index in [1.54, 1.807) is 0 Å². The molecule has 1 heterocycles. The second-order valence-corrected chi connectivity index (χ2v) is 5.74. The van der Waals surface area contributed by atoms with Crippen molar-refractivity contribution in [2.75, 3.05) is 23.7 Å². The molecular formula is C16H23N3O. The number of anilines is 2. The Kier molecular flexibility index (Phi) is 4.09. The average molecular weight is 273 g/mol. The van der Waals surface area contributed by atoms with E-state index in [0.29, 0.717) is 6.04 Å². The van der Waals surface area contributed by atoms with Crippen LogP contribution in [0, 0.1) is 0 Å². The van der Waals surface area contributed by atoms with Gasteiger partial charge in [0.2, 0.25) is 0 Å². The molecule has 3 N–H and O–H groups in total. The predicted molar refractivity (Wildman–Crippen MR) is 82.4 cm³/mol. The number of benzene rings is 1. The molecule has 0 radical (unpaired) electrons. The Morgan fingerprint density at radius 3 is 2.60 bits per heavy atom. The predicted octanol–water partition coefficient (Wildman–Crippen LogP) is 2.98. The number of hydrogen-bond donors (Lipinski definition) is 3. The lowest BCUT2D eigenvalue weighted by atomic mass is 10.1. The van der Waals surface area contributed by atoms with Gasteiger partial charge in [-0.3, -0.25) is 4.79 Å². The third-order valence-corrected chi connectivity index (χ3v) is 4.24. The monoisotopic (exact) mass is 273 g/mol. The van der Waals surface area contributed by atoms with E-state index in [1.807, 2.05) is 18.2 Å². The van der Waals surface area contributed by atoms with Gasteiger partial charge in [-0.15, -0.1) is 0 Å². The molecule has 1 saturated carbocycles. The summed E-state index contributed by atoms with van der Waals surface area (Å²) in [5.74, 6) is 0.0601. The first-order valence-electron chi connectivity index (χ1n) is 7.76. The Hall–Kier alpha value is -1.71. The van der Waals surface area contributed by atoms with Crippen molar-refractivity contribution in [1.29, 1.82) is 0 Å². The van der Waals surface area contributed by atoms with Crippen molar-refractivity contribution >= 4 is 17.3 Å². The van der Waals surface area contributed by atoms with Gasteiger partial charge in [-0.25, -0.2) is 0 Å². The smallest absolute Gasteiger partial charge is 0.253 e. The zero-order chi connectivity index (χ0) is 13.8. The summed E-state index contributed by atoms with van der Waals surface area (Å²) in [4.78, 5) is 12.5. The number of amides is 1.